The molecule has 0 heterocycles. The van der Waals surface area contributed by atoms with Crippen LogP contribution in [0.4, 0.5) is 0 Å². The smallest absolute Gasteiger partial charge is 0.306 e. The number of hydrogen-bond acceptors (Lipinski definition) is 6. The summed E-state index contributed by atoms with van der Waals surface area (Å²) in [5, 5.41) is 0. The molecule has 1 atom stereocenters. The van der Waals surface area contributed by atoms with Crippen molar-refractivity contribution in [3.05, 3.63) is 36.5 Å². The highest BCUT2D eigenvalue weighted by Crippen LogP contribution is 2.13. The number of rotatable bonds is 36. The summed E-state index contributed by atoms with van der Waals surface area (Å²) in [6, 6.07) is 0. The van der Waals surface area contributed by atoms with Crippen molar-refractivity contribution >= 4 is 17.9 Å². The SMILES string of the molecule is CCC/C=C\C/C=C\CCCCCCCC(=O)OCC(COC(=O)CCCCCCCCC)OC(=O)CCCCCCC/C=C\CCCC. The van der Waals surface area contributed by atoms with E-state index in [1.807, 2.05) is 0 Å². The van der Waals surface area contributed by atoms with Gasteiger partial charge in [-0.3, -0.25) is 14.4 Å². The van der Waals surface area contributed by atoms with Crippen LogP contribution in [0.15, 0.2) is 36.5 Å². The number of carbonyl (C=O) groups is 3. The van der Waals surface area contributed by atoms with Gasteiger partial charge in [0.2, 0.25) is 0 Å². The molecule has 0 aromatic rings. The van der Waals surface area contributed by atoms with E-state index in [4.69, 9.17) is 14.2 Å². The normalized spacial score (nSPS) is 12.3. The number of hydrogen-bond donors (Lipinski definition) is 0. The monoisotopic (exact) mass is 689 g/mol. The lowest BCUT2D eigenvalue weighted by molar-refractivity contribution is -0.167. The number of esters is 3. The predicted octanol–water partition coefficient (Wildman–Crippen LogP) is 12.6. The molecular weight excluding hydrogens is 612 g/mol. The fourth-order valence-corrected chi connectivity index (χ4v) is 5.46. The third-order valence-electron chi connectivity index (χ3n) is 8.60. The van der Waals surface area contributed by atoms with E-state index in [1.54, 1.807) is 0 Å². The van der Waals surface area contributed by atoms with Crippen LogP contribution in [0.3, 0.4) is 0 Å². The van der Waals surface area contributed by atoms with E-state index in [9.17, 15) is 14.4 Å². The average Bonchev–Trinajstić information content (AvgIpc) is 3.10. The van der Waals surface area contributed by atoms with E-state index in [1.165, 1.54) is 64.2 Å². The van der Waals surface area contributed by atoms with Crippen molar-refractivity contribution in [2.45, 2.75) is 207 Å². The van der Waals surface area contributed by atoms with Crippen molar-refractivity contribution in [1.29, 1.82) is 0 Å². The Morgan fingerprint density at radius 3 is 1.29 bits per heavy atom. The van der Waals surface area contributed by atoms with E-state index in [0.717, 1.165) is 96.3 Å². The molecule has 0 bridgehead atoms. The molecule has 0 N–H and O–H groups in total. The van der Waals surface area contributed by atoms with E-state index >= 15 is 0 Å². The molecule has 49 heavy (non-hydrogen) atoms. The first-order chi connectivity index (χ1) is 24.0. The van der Waals surface area contributed by atoms with Crippen LogP contribution in [0, 0.1) is 0 Å². The Bertz CT molecular complexity index is 845. The fourth-order valence-electron chi connectivity index (χ4n) is 5.46. The van der Waals surface area contributed by atoms with Crippen LogP contribution < -0.4 is 0 Å². The Labute approximate surface area is 302 Å². The minimum Gasteiger partial charge on any atom is -0.462 e. The van der Waals surface area contributed by atoms with Crippen LogP contribution >= 0.6 is 0 Å². The van der Waals surface area contributed by atoms with Gasteiger partial charge in [-0.05, 0) is 64.2 Å². The molecule has 0 aromatic heterocycles. The molecule has 284 valence electrons. The molecule has 6 heteroatoms. The van der Waals surface area contributed by atoms with Gasteiger partial charge in [0.25, 0.3) is 0 Å². The largest absolute Gasteiger partial charge is 0.462 e. The van der Waals surface area contributed by atoms with E-state index < -0.39 is 6.10 Å². The Hall–Kier alpha value is -2.37. The number of carbonyl (C=O) groups excluding carboxylic acids is 3. The van der Waals surface area contributed by atoms with Gasteiger partial charge in [-0.15, -0.1) is 0 Å². The second kappa shape index (κ2) is 38.4. The van der Waals surface area contributed by atoms with Crippen molar-refractivity contribution in [2.75, 3.05) is 13.2 Å². The highest BCUT2D eigenvalue weighted by molar-refractivity contribution is 5.71. The minimum absolute atomic E-state index is 0.0798. The maximum absolute atomic E-state index is 12.6. The highest BCUT2D eigenvalue weighted by atomic mass is 16.6. The van der Waals surface area contributed by atoms with Gasteiger partial charge in [0.15, 0.2) is 6.10 Å². The summed E-state index contributed by atoms with van der Waals surface area (Å²) in [6.45, 7) is 6.45. The number of allylic oxidation sites excluding steroid dienone is 6. The van der Waals surface area contributed by atoms with Gasteiger partial charge in [0.1, 0.15) is 13.2 Å². The van der Waals surface area contributed by atoms with E-state index in [-0.39, 0.29) is 31.1 Å². The maximum Gasteiger partial charge on any atom is 0.306 e. The summed E-state index contributed by atoms with van der Waals surface area (Å²) in [5.41, 5.74) is 0. The molecule has 0 aliphatic rings. The quantitative estimate of drug-likeness (QED) is 0.0282. The first-order valence-electron chi connectivity index (χ1n) is 20.5. The molecule has 0 aliphatic carbocycles. The second-order valence-electron chi connectivity index (χ2n) is 13.5. The molecule has 0 fully saturated rings. The minimum atomic E-state index is -0.774. The zero-order chi connectivity index (χ0) is 35.9. The van der Waals surface area contributed by atoms with Crippen molar-refractivity contribution in [3.63, 3.8) is 0 Å². The van der Waals surface area contributed by atoms with E-state index in [2.05, 4.69) is 57.2 Å². The third-order valence-corrected chi connectivity index (χ3v) is 8.60. The van der Waals surface area contributed by atoms with Gasteiger partial charge in [0, 0.05) is 19.3 Å². The fraction of sp³-hybridized carbons (Fsp3) is 0.791. The van der Waals surface area contributed by atoms with Gasteiger partial charge in [-0.2, -0.15) is 0 Å². The third kappa shape index (κ3) is 36.7. The molecule has 0 amide bonds. The molecule has 0 saturated carbocycles. The molecule has 0 rings (SSSR count). The average molecular weight is 689 g/mol. The maximum atomic E-state index is 12.6. The van der Waals surface area contributed by atoms with Crippen molar-refractivity contribution < 1.29 is 28.6 Å². The zero-order valence-corrected chi connectivity index (χ0v) is 32.2. The summed E-state index contributed by atoms with van der Waals surface area (Å²) in [6.07, 6.45) is 41.3. The Morgan fingerprint density at radius 2 is 0.796 bits per heavy atom. The van der Waals surface area contributed by atoms with Crippen LogP contribution in [0.2, 0.25) is 0 Å². The highest BCUT2D eigenvalue weighted by Gasteiger charge is 2.19. The van der Waals surface area contributed by atoms with Gasteiger partial charge < -0.3 is 14.2 Å². The predicted molar refractivity (Wildman–Crippen MR) is 206 cm³/mol. The lowest BCUT2D eigenvalue weighted by atomic mass is 10.1. The van der Waals surface area contributed by atoms with Crippen molar-refractivity contribution in [2.24, 2.45) is 0 Å². The van der Waals surface area contributed by atoms with Crippen LogP contribution in [-0.4, -0.2) is 37.2 Å². The summed E-state index contributed by atoms with van der Waals surface area (Å²) in [4.78, 5) is 37.4. The topological polar surface area (TPSA) is 78.9 Å². The number of ether oxygens (including phenoxy) is 3. The molecular formula is C43H76O6. The van der Waals surface area contributed by atoms with Gasteiger partial charge in [0.05, 0.1) is 0 Å². The first kappa shape index (κ1) is 46.6. The lowest BCUT2D eigenvalue weighted by Gasteiger charge is -2.18. The Balaban J connectivity index is 4.37. The lowest BCUT2D eigenvalue weighted by Crippen LogP contribution is -2.30. The van der Waals surface area contributed by atoms with Gasteiger partial charge in [-0.25, -0.2) is 0 Å². The van der Waals surface area contributed by atoms with Crippen molar-refractivity contribution in [3.8, 4) is 0 Å². The molecule has 1 unspecified atom stereocenters. The van der Waals surface area contributed by atoms with Crippen LogP contribution in [-0.2, 0) is 28.6 Å². The molecule has 6 nitrogen and oxygen atoms in total. The van der Waals surface area contributed by atoms with Crippen molar-refractivity contribution in [1.82, 2.24) is 0 Å². The Morgan fingerprint density at radius 1 is 0.408 bits per heavy atom. The summed E-state index contributed by atoms with van der Waals surface area (Å²) in [5.74, 6) is -0.916. The summed E-state index contributed by atoms with van der Waals surface area (Å²) < 4.78 is 16.6. The molecule has 0 spiro atoms. The second-order valence-corrected chi connectivity index (χ2v) is 13.5. The molecule has 0 aliphatic heterocycles. The van der Waals surface area contributed by atoms with Gasteiger partial charge >= 0.3 is 17.9 Å². The molecule has 0 radical (unpaired) electrons. The summed E-state index contributed by atoms with van der Waals surface area (Å²) in [7, 11) is 0. The Kier molecular flexibility index (Phi) is 36.6. The van der Waals surface area contributed by atoms with Crippen LogP contribution in [0.25, 0.3) is 0 Å². The van der Waals surface area contributed by atoms with Crippen LogP contribution in [0.5, 0.6) is 0 Å². The molecule has 0 aromatic carbocycles. The standard InChI is InChI=1S/C43H76O6/c1-4-7-10-13-16-18-20-21-23-24-27-30-33-36-42(45)48-39-40(38-47-41(44)35-32-29-26-15-12-9-6-3)49-43(46)37-34-31-28-25-22-19-17-14-11-8-5-2/h10,13-14,17-18,20,40H,4-9,11-12,15-16,19,21-39H2,1-3H3/b13-10-,17-14-,20-18-. The zero-order valence-electron chi connectivity index (χ0n) is 32.2. The summed E-state index contributed by atoms with van der Waals surface area (Å²) >= 11 is 0. The first-order valence-corrected chi connectivity index (χ1v) is 20.5. The number of unbranched alkanes of at least 4 members (excludes halogenated alkanes) is 19. The van der Waals surface area contributed by atoms with Gasteiger partial charge in [-0.1, -0.05) is 154 Å². The van der Waals surface area contributed by atoms with Crippen LogP contribution in [0.1, 0.15) is 201 Å². The molecule has 0 saturated heterocycles. The van der Waals surface area contributed by atoms with E-state index in [0.29, 0.717) is 19.3 Å².